The molecule has 31 heavy (non-hydrogen) atoms. The van der Waals surface area contributed by atoms with Crippen molar-refractivity contribution in [3.63, 3.8) is 0 Å². The fraction of sp³-hybridized carbons (Fsp3) is 0.167. The van der Waals surface area contributed by atoms with Gasteiger partial charge in [-0.1, -0.05) is 48.0 Å². The number of hydrogen-bond acceptors (Lipinski definition) is 5. The molecule has 156 valence electrons. The summed E-state index contributed by atoms with van der Waals surface area (Å²) in [7, 11) is 1.60. The van der Waals surface area contributed by atoms with Gasteiger partial charge in [-0.2, -0.15) is 0 Å². The maximum absolute atomic E-state index is 13.5. The number of hydroxylamine groups is 1. The summed E-state index contributed by atoms with van der Waals surface area (Å²) in [6, 6.07) is 23.2. The Morgan fingerprint density at radius 3 is 2.26 bits per heavy atom. The second kappa shape index (κ2) is 7.72. The summed E-state index contributed by atoms with van der Waals surface area (Å²) in [6.45, 7) is 0. The number of anilines is 2. The van der Waals surface area contributed by atoms with Crippen LogP contribution in [0.2, 0.25) is 5.02 Å². The van der Waals surface area contributed by atoms with Crippen LogP contribution in [-0.2, 0) is 14.4 Å². The third-order valence-corrected chi connectivity index (χ3v) is 5.88. The molecule has 3 unspecified atom stereocenters. The van der Waals surface area contributed by atoms with Crippen molar-refractivity contribution in [1.82, 2.24) is 0 Å². The SMILES string of the molecule is COc1ccc(C2C3C(=O)N(c4cccc(Cl)c4)C(=O)C3ON2c2ccccc2)cc1. The van der Waals surface area contributed by atoms with Crippen molar-refractivity contribution < 1.29 is 19.2 Å². The molecule has 3 aromatic rings. The Hall–Kier alpha value is -3.35. The highest BCUT2D eigenvalue weighted by Crippen LogP contribution is 2.47. The molecule has 0 spiro atoms. The van der Waals surface area contributed by atoms with Crippen LogP contribution in [0.5, 0.6) is 5.75 Å². The van der Waals surface area contributed by atoms with E-state index in [4.69, 9.17) is 21.2 Å². The Labute approximate surface area is 184 Å². The first kappa shape index (κ1) is 19.6. The van der Waals surface area contributed by atoms with Crippen molar-refractivity contribution in [2.45, 2.75) is 12.1 Å². The molecule has 3 atom stereocenters. The molecule has 0 N–H and O–H groups in total. The smallest absolute Gasteiger partial charge is 0.266 e. The molecule has 0 aliphatic carbocycles. The highest BCUT2D eigenvalue weighted by Gasteiger charge is 2.60. The largest absolute Gasteiger partial charge is 0.497 e. The summed E-state index contributed by atoms with van der Waals surface area (Å²) >= 11 is 6.10. The minimum absolute atomic E-state index is 0.309. The van der Waals surface area contributed by atoms with Gasteiger partial charge in [0.05, 0.1) is 24.5 Å². The van der Waals surface area contributed by atoms with Crippen molar-refractivity contribution in [1.29, 1.82) is 0 Å². The molecule has 2 saturated heterocycles. The molecule has 3 aromatic carbocycles. The van der Waals surface area contributed by atoms with E-state index in [-0.39, 0.29) is 5.91 Å². The van der Waals surface area contributed by atoms with E-state index in [1.807, 2.05) is 54.6 Å². The molecule has 5 rings (SSSR count). The van der Waals surface area contributed by atoms with Gasteiger partial charge in [0.2, 0.25) is 5.91 Å². The molecule has 0 bridgehead atoms. The zero-order valence-corrected chi connectivity index (χ0v) is 17.4. The van der Waals surface area contributed by atoms with E-state index < -0.39 is 24.0 Å². The van der Waals surface area contributed by atoms with Crippen LogP contribution in [0.15, 0.2) is 78.9 Å². The Kier molecular flexibility index (Phi) is 4.88. The molecule has 2 heterocycles. The van der Waals surface area contributed by atoms with Gasteiger partial charge in [-0.25, -0.2) is 9.96 Å². The van der Waals surface area contributed by atoms with E-state index in [1.165, 1.54) is 4.90 Å². The molecule has 2 amide bonds. The number of benzene rings is 3. The monoisotopic (exact) mass is 434 g/mol. The molecule has 0 radical (unpaired) electrons. The summed E-state index contributed by atoms with van der Waals surface area (Å²) in [5, 5.41) is 2.12. The normalized spacial score (nSPS) is 22.7. The number of nitrogens with zero attached hydrogens (tertiary/aromatic N) is 2. The maximum atomic E-state index is 13.5. The average Bonchev–Trinajstić information content (AvgIpc) is 3.30. The number of para-hydroxylation sites is 1. The van der Waals surface area contributed by atoms with Gasteiger partial charge in [-0.05, 0) is 48.0 Å². The molecule has 2 aliphatic heterocycles. The Bertz CT molecular complexity index is 1140. The topological polar surface area (TPSA) is 59.1 Å². The second-order valence-corrected chi connectivity index (χ2v) is 7.86. The van der Waals surface area contributed by atoms with Crippen molar-refractivity contribution in [2.24, 2.45) is 5.92 Å². The van der Waals surface area contributed by atoms with Crippen LogP contribution in [0.25, 0.3) is 0 Å². The lowest BCUT2D eigenvalue weighted by atomic mass is 9.90. The second-order valence-electron chi connectivity index (χ2n) is 7.42. The predicted octanol–water partition coefficient (Wildman–Crippen LogP) is 4.40. The summed E-state index contributed by atoms with van der Waals surface area (Å²) in [4.78, 5) is 34.1. The highest BCUT2D eigenvalue weighted by molar-refractivity contribution is 6.31. The van der Waals surface area contributed by atoms with Crippen molar-refractivity contribution in [2.75, 3.05) is 17.1 Å². The molecule has 2 aliphatic rings. The van der Waals surface area contributed by atoms with Gasteiger partial charge in [0.25, 0.3) is 5.91 Å². The molecule has 6 nitrogen and oxygen atoms in total. The van der Waals surface area contributed by atoms with Gasteiger partial charge in [0, 0.05) is 5.02 Å². The number of fused-ring (bicyclic) bond motifs is 1. The third kappa shape index (κ3) is 3.24. The highest BCUT2D eigenvalue weighted by atomic mass is 35.5. The average molecular weight is 435 g/mol. The lowest BCUT2D eigenvalue weighted by molar-refractivity contribution is -0.126. The number of rotatable bonds is 4. The minimum Gasteiger partial charge on any atom is -0.497 e. The van der Waals surface area contributed by atoms with Crippen LogP contribution < -0.4 is 14.7 Å². The molecule has 0 saturated carbocycles. The molecular formula is C24H19ClN2O4. The van der Waals surface area contributed by atoms with Crippen molar-refractivity contribution >= 4 is 34.8 Å². The van der Waals surface area contributed by atoms with Crippen LogP contribution in [0.3, 0.4) is 0 Å². The van der Waals surface area contributed by atoms with E-state index in [2.05, 4.69) is 0 Å². The quantitative estimate of drug-likeness (QED) is 0.570. The van der Waals surface area contributed by atoms with E-state index in [1.54, 1.807) is 36.4 Å². The standard InChI is InChI=1S/C24H19ClN2O4/c1-30-19-12-10-15(11-13-19)21-20-22(31-27(21)17-7-3-2-4-8-17)24(29)26(23(20)28)18-9-5-6-16(25)14-18/h2-14,20-22H,1H3. The van der Waals surface area contributed by atoms with E-state index in [9.17, 15) is 9.59 Å². The lowest BCUT2D eigenvalue weighted by Crippen LogP contribution is -2.37. The van der Waals surface area contributed by atoms with E-state index >= 15 is 0 Å². The van der Waals surface area contributed by atoms with E-state index in [0.29, 0.717) is 16.5 Å². The number of carbonyl (C=O) groups excluding carboxylic acids is 2. The van der Waals surface area contributed by atoms with Crippen LogP contribution in [-0.4, -0.2) is 25.0 Å². The number of ether oxygens (including phenoxy) is 1. The van der Waals surface area contributed by atoms with Crippen LogP contribution in [0, 0.1) is 5.92 Å². The fourth-order valence-electron chi connectivity index (χ4n) is 4.22. The Morgan fingerprint density at radius 2 is 1.58 bits per heavy atom. The maximum Gasteiger partial charge on any atom is 0.266 e. The van der Waals surface area contributed by atoms with Crippen LogP contribution in [0.4, 0.5) is 11.4 Å². The minimum atomic E-state index is -0.918. The lowest BCUT2D eigenvalue weighted by Gasteiger charge is -2.28. The first-order valence-electron chi connectivity index (χ1n) is 9.87. The summed E-state index contributed by atoms with van der Waals surface area (Å²) in [5.74, 6) is -0.689. The number of carbonyl (C=O) groups is 2. The molecular weight excluding hydrogens is 416 g/mol. The van der Waals surface area contributed by atoms with Crippen molar-refractivity contribution in [3.05, 3.63) is 89.4 Å². The Morgan fingerprint density at radius 1 is 0.871 bits per heavy atom. The number of imide groups is 1. The number of hydrogen-bond donors (Lipinski definition) is 0. The van der Waals surface area contributed by atoms with Crippen LogP contribution >= 0.6 is 11.6 Å². The first-order valence-corrected chi connectivity index (χ1v) is 10.2. The summed E-state index contributed by atoms with van der Waals surface area (Å²) in [6.07, 6.45) is -0.918. The molecule has 2 fully saturated rings. The molecule has 0 aromatic heterocycles. The van der Waals surface area contributed by atoms with Crippen LogP contribution in [0.1, 0.15) is 11.6 Å². The first-order chi connectivity index (χ1) is 15.1. The van der Waals surface area contributed by atoms with Gasteiger partial charge in [-0.3, -0.25) is 14.4 Å². The zero-order valence-electron chi connectivity index (χ0n) is 16.6. The van der Waals surface area contributed by atoms with Gasteiger partial charge in [0.1, 0.15) is 11.7 Å². The van der Waals surface area contributed by atoms with E-state index in [0.717, 1.165) is 11.3 Å². The number of methoxy groups -OCH3 is 1. The molecule has 7 heteroatoms. The van der Waals surface area contributed by atoms with Crippen molar-refractivity contribution in [3.8, 4) is 5.75 Å². The summed E-state index contributed by atoms with van der Waals surface area (Å²) < 4.78 is 5.27. The van der Waals surface area contributed by atoms with Gasteiger partial charge < -0.3 is 4.74 Å². The van der Waals surface area contributed by atoms with Gasteiger partial charge in [-0.15, -0.1) is 0 Å². The van der Waals surface area contributed by atoms with Gasteiger partial charge in [0.15, 0.2) is 6.10 Å². The number of amides is 2. The predicted molar refractivity (Wildman–Crippen MR) is 117 cm³/mol. The van der Waals surface area contributed by atoms with Gasteiger partial charge >= 0.3 is 0 Å². The third-order valence-electron chi connectivity index (χ3n) is 5.65. The Balaban J connectivity index is 1.58. The zero-order chi connectivity index (χ0) is 21.5. The fourth-order valence-corrected chi connectivity index (χ4v) is 4.41. The number of halogens is 1. The summed E-state index contributed by atoms with van der Waals surface area (Å²) in [5.41, 5.74) is 2.07.